The number of amides is 1. The summed E-state index contributed by atoms with van der Waals surface area (Å²) in [6, 6.07) is 14.8. The second-order valence-electron chi connectivity index (χ2n) is 9.57. The number of benzene rings is 3. The van der Waals surface area contributed by atoms with Crippen molar-refractivity contribution >= 4 is 44.1 Å². The summed E-state index contributed by atoms with van der Waals surface area (Å²) in [5.74, 6) is 0.434. The van der Waals surface area contributed by atoms with Crippen molar-refractivity contribution in [3.05, 3.63) is 76.9 Å². The molecular weight excluding hydrogens is 532 g/mol. The first-order valence-electron chi connectivity index (χ1n) is 12.6. The normalized spacial score (nSPS) is 19.6. The summed E-state index contributed by atoms with van der Waals surface area (Å²) in [5, 5.41) is 11.9. The van der Waals surface area contributed by atoms with E-state index >= 15 is 0 Å². The standard InChI is InChI=1S/C30H26N2O7S/c1-15-11-18-12-17(6-9-21(18)39-15)27(33)25-26(16-5-10-22(37-3)23(13-16)38-4)32(29(35)28(25)34)30-31-20-8-7-19(36-2)14-24(20)40-30/h5-10,12-15,26,33H,11H2,1-4H3. The molecule has 1 saturated heterocycles. The Balaban J connectivity index is 1.55. The third-order valence-corrected chi connectivity index (χ3v) is 8.15. The highest BCUT2D eigenvalue weighted by Crippen LogP contribution is 2.46. The molecule has 2 aliphatic heterocycles. The molecule has 2 unspecified atom stereocenters. The molecule has 9 nitrogen and oxygen atoms in total. The van der Waals surface area contributed by atoms with Crippen LogP contribution in [0.1, 0.15) is 29.7 Å². The van der Waals surface area contributed by atoms with Crippen molar-refractivity contribution in [2.45, 2.75) is 25.5 Å². The minimum atomic E-state index is -0.967. The van der Waals surface area contributed by atoms with E-state index in [-0.39, 0.29) is 17.4 Å². The van der Waals surface area contributed by atoms with Crippen LogP contribution < -0.4 is 23.8 Å². The Morgan fingerprint density at radius 3 is 2.55 bits per heavy atom. The lowest BCUT2D eigenvalue weighted by Gasteiger charge is -2.23. The topological polar surface area (TPSA) is 107 Å². The highest BCUT2D eigenvalue weighted by atomic mass is 32.1. The van der Waals surface area contributed by atoms with Gasteiger partial charge in [-0.05, 0) is 66.6 Å². The molecule has 1 N–H and O–H groups in total. The highest BCUT2D eigenvalue weighted by Gasteiger charge is 2.48. The van der Waals surface area contributed by atoms with Crippen molar-refractivity contribution in [1.29, 1.82) is 0 Å². The highest BCUT2D eigenvalue weighted by molar-refractivity contribution is 7.22. The largest absolute Gasteiger partial charge is 0.507 e. The van der Waals surface area contributed by atoms with E-state index in [1.807, 2.05) is 13.0 Å². The summed E-state index contributed by atoms with van der Waals surface area (Å²) in [5.41, 5.74) is 2.51. The van der Waals surface area contributed by atoms with Crippen LogP contribution in [0.25, 0.3) is 16.0 Å². The number of anilines is 1. The average molecular weight is 559 g/mol. The lowest BCUT2D eigenvalue weighted by molar-refractivity contribution is -0.132. The van der Waals surface area contributed by atoms with Crippen LogP contribution in [0.3, 0.4) is 0 Å². The molecule has 2 aliphatic rings. The first-order valence-corrected chi connectivity index (χ1v) is 13.4. The van der Waals surface area contributed by atoms with Crippen LogP contribution in [0.4, 0.5) is 5.13 Å². The third-order valence-electron chi connectivity index (χ3n) is 7.13. The summed E-state index contributed by atoms with van der Waals surface area (Å²) in [7, 11) is 4.61. The lowest BCUT2D eigenvalue weighted by atomic mass is 9.94. The van der Waals surface area contributed by atoms with Gasteiger partial charge in [0.1, 0.15) is 23.4 Å². The number of carbonyl (C=O) groups excluding carboxylic acids is 2. The zero-order valence-electron chi connectivity index (χ0n) is 22.3. The molecule has 0 aliphatic carbocycles. The number of ether oxygens (including phenoxy) is 4. The zero-order valence-corrected chi connectivity index (χ0v) is 23.1. The number of ketones is 1. The molecule has 204 valence electrons. The molecule has 4 aromatic rings. The predicted molar refractivity (Wildman–Crippen MR) is 151 cm³/mol. The molecule has 0 saturated carbocycles. The first kappa shape index (κ1) is 25.7. The van der Waals surface area contributed by atoms with Crippen molar-refractivity contribution in [2.24, 2.45) is 0 Å². The number of methoxy groups -OCH3 is 3. The Morgan fingerprint density at radius 1 is 1.00 bits per heavy atom. The summed E-state index contributed by atoms with van der Waals surface area (Å²) in [4.78, 5) is 33.3. The Bertz CT molecular complexity index is 1710. The number of carbonyl (C=O) groups is 2. The van der Waals surface area contributed by atoms with Gasteiger partial charge in [-0.1, -0.05) is 17.4 Å². The van der Waals surface area contributed by atoms with Gasteiger partial charge in [-0.25, -0.2) is 4.98 Å². The molecule has 1 aromatic heterocycles. The minimum absolute atomic E-state index is 0.0161. The van der Waals surface area contributed by atoms with E-state index < -0.39 is 17.7 Å². The van der Waals surface area contributed by atoms with E-state index in [9.17, 15) is 14.7 Å². The Kier molecular flexibility index (Phi) is 6.34. The second-order valence-corrected chi connectivity index (χ2v) is 10.6. The van der Waals surface area contributed by atoms with Gasteiger partial charge >= 0.3 is 5.91 Å². The van der Waals surface area contributed by atoms with E-state index in [0.717, 1.165) is 16.0 Å². The SMILES string of the molecule is COc1ccc2nc(N3C(=O)C(=O)C(=C(O)c4ccc5c(c4)CC(C)O5)C3c3ccc(OC)c(OC)c3)sc2c1. The number of aliphatic hydroxyl groups excluding tert-OH is 1. The number of rotatable bonds is 6. The number of aromatic nitrogens is 1. The van der Waals surface area contributed by atoms with Crippen LogP contribution in [0.2, 0.25) is 0 Å². The number of thiazole rings is 1. The fourth-order valence-corrected chi connectivity index (χ4v) is 6.24. The maximum Gasteiger partial charge on any atom is 0.301 e. The summed E-state index contributed by atoms with van der Waals surface area (Å²) >= 11 is 1.26. The Morgan fingerprint density at radius 2 is 1.80 bits per heavy atom. The maximum absolute atomic E-state index is 13.6. The van der Waals surface area contributed by atoms with Gasteiger partial charge in [-0.3, -0.25) is 14.5 Å². The van der Waals surface area contributed by atoms with Crippen LogP contribution in [-0.2, 0) is 16.0 Å². The van der Waals surface area contributed by atoms with Crippen molar-refractivity contribution in [1.82, 2.24) is 4.98 Å². The fourth-order valence-electron chi connectivity index (χ4n) is 5.22. The van der Waals surface area contributed by atoms with E-state index in [1.54, 1.807) is 55.6 Å². The fraction of sp³-hybridized carbons (Fsp3) is 0.233. The predicted octanol–water partition coefficient (Wildman–Crippen LogP) is 5.27. The summed E-state index contributed by atoms with van der Waals surface area (Å²) in [6.07, 6.45) is 0.696. The molecule has 6 rings (SSSR count). The van der Waals surface area contributed by atoms with E-state index in [2.05, 4.69) is 4.98 Å². The number of fused-ring (bicyclic) bond motifs is 2. The van der Waals surface area contributed by atoms with Gasteiger partial charge in [0.25, 0.3) is 5.78 Å². The molecule has 1 amide bonds. The Labute approximate surface area is 234 Å². The molecule has 0 bridgehead atoms. The molecule has 10 heteroatoms. The number of Topliss-reactive ketones (excluding diaryl/α,β-unsaturated/α-hetero) is 1. The Hall–Kier alpha value is -4.57. The van der Waals surface area contributed by atoms with Gasteiger partial charge in [0, 0.05) is 12.0 Å². The number of hydrogen-bond acceptors (Lipinski definition) is 9. The van der Waals surface area contributed by atoms with Crippen LogP contribution in [-0.4, -0.2) is 49.2 Å². The van der Waals surface area contributed by atoms with Gasteiger partial charge in [0.2, 0.25) is 0 Å². The molecule has 3 heterocycles. The molecule has 2 atom stereocenters. The van der Waals surface area contributed by atoms with Crippen molar-refractivity contribution in [3.8, 4) is 23.0 Å². The number of aliphatic hydroxyl groups is 1. The van der Waals surface area contributed by atoms with Crippen LogP contribution in [0.15, 0.2) is 60.2 Å². The third kappa shape index (κ3) is 4.12. The second kappa shape index (κ2) is 9.87. The maximum atomic E-state index is 13.6. The van der Waals surface area contributed by atoms with Gasteiger partial charge in [-0.15, -0.1) is 0 Å². The minimum Gasteiger partial charge on any atom is -0.507 e. The van der Waals surface area contributed by atoms with Crippen molar-refractivity contribution < 1.29 is 33.6 Å². The van der Waals surface area contributed by atoms with Crippen molar-refractivity contribution in [2.75, 3.05) is 26.2 Å². The number of nitrogens with zero attached hydrogens (tertiary/aromatic N) is 2. The van der Waals surface area contributed by atoms with E-state index in [4.69, 9.17) is 18.9 Å². The molecule has 1 fully saturated rings. The van der Waals surface area contributed by atoms with Gasteiger partial charge in [0.15, 0.2) is 16.6 Å². The monoisotopic (exact) mass is 558 g/mol. The smallest absolute Gasteiger partial charge is 0.301 e. The van der Waals surface area contributed by atoms with Gasteiger partial charge < -0.3 is 24.1 Å². The van der Waals surface area contributed by atoms with Crippen molar-refractivity contribution in [3.63, 3.8) is 0 Å². The molecular formula is C30H26N2O7S. The number of hydrogen-bond donors (Lipinski definition) is 1. The molecule has 3 aromatic carbocycles. The molecule has 0 spiro atoms. The molecule has 0 radical (unpaired) electrons. The van der Waals surface area contributed by atoms with Crippen LogP contribution in [0, 0.1) is 0 Å². The average Bonchev–Trinajstić information content (AvgIpc) is 3.63. The van der Waals surface area contributed by atoms with E-state index in [0.29, 0.717) is 45.4 Å². The first-order chi connectivity index (χ1) is 19.3. The summed E-state index contributed by atoms with van der Waals surface area (Å²) in [6.45, 7) is 1.97. The molecule has 40 heavy (non-hydrogen) atoms. The van der Waals surface area contributed by atoms with Crippen LogP contribution >= 0.6 is 11.3 Å². The van der Waals surface area contributed by atoms with E-state index in [1.165, 1.54) is 30.5 Å². The summed E-state index contributed by atoms with van der Waals surface area (Å²) < 4.78 is 22.8. The zero-order chi connectivity index (χ0) is 28.1. The van der Waals surface area contributed by atoms with Gasteiger partial charge in [-0.2, -0.15) is 0 Å². The van der Waals surface area contributed by atoms with Crippen LogP contribution in [0.5, 0.6) is 23.0 Å². The lowest BCUT2D eigenvalue weighted by Crippen LogP contribution is -2.29. The quantitative estimate of drug-likeness (QED) is 0.194. The van der Waals surface area contributed by atoms with Gasteiger partial charge in [0.05, 0.1) is 43.2 Å².